The summed E-state index contributed by atoms with van der Waals surface area (Å²) in [5, 5.41) is 4.21. The summed E-state index contributed by atoms with van der Waals surface area (Å²) in [7, 11) is 0. The van der Waals surface area contributed by atoms with Crippen LogP contribution in [0.25, 0.3) is 0 Å². The number of carbonyl (C=O) groups is 2. The highest BCUT2D eigenvalue weighted by atomic mass is 16.5. The molecule has 0 spiro atoms. The molecule has 2 heterocycles. The summed E-state index contributed by atoms with van der Waals surface area (Å²) < 4.78 is 6.61. The van der Waals surface area contributed by atoms with Gasteiger partial charge < -0.3 is 4.74 Å². The van der Waals surface area contributed by atoms with Gasteiger partial charge in [0.2, 0.25) is 6.41 Å². The number of ether oxygens (including phenoxy) is 1. The molecular formula is C10H13N3O3. The Bertz CT molecular complexity index is 439. The fourth-order valence-corrected chi connectivity index (χ4v) is 1.87. The second kappa shape index (κ2) is 3.96. The number of esters is 1. The van der Waals surface area contributed by atoms with Crippen molar-refractivity contribution >= 4 is 18.2 Å². The van der Waals surface area contributed by atoms with Gasteiger partial charge in [0, 0.05) is 6.54 Å². The molecule has 6 nitrogen and oxygen atoms in total. The van der Waals surface area contributed by atoms with Crippen molar-refractivity contribution < 1.29 is 14.3 Å². The Labute approximate surface area is 92.8 Å². The molecule has 1 aliphatic heterocycles. The smallest absolute Gasteiger partial charge is 0.343 e. The number of aryl methyl sites for hydroxylation is 1. The standard InChI is InChI=1S/C10H13N3O3/c1-3-16-10(15)8-7(2)11-13-5-4-12(6-14)9(8)13/h6H,3-5H2,1-2H3. The molecule has 1 aromatic rings. The van der Waals surface area contributed by atoms with E-state index in [4.69, 9.17) is 4.74 Å². The van der Waals surface area contributed by atoms with Gasteiger partial charge in [-0.2, -0.15) is 5.10 Å². The minimum absolute atomic E-state index is 0.310. The Kier molecular flexibility index (Phi) is 2.64. The van der Waals surface area contributed by atoms with Gasteiger partial charge in [-0.3, -0.25) is 9.69 Å². The van der Waals surface area contributed by atoms with Crippen molar-refractivity contribution in [1.82, 2.24) is 9.78 Å². The van der Waals surface area contributed by atoms with E-state index in [1.54, 1.807) is 18.5 Å². The van der Waals surface area contributed by atoms with E-state index in [2.05, 4.69) is 5.10 Å². The number of nitrogens with zero attached hydrogens (tertiary/aromatic N) is 3. The Morgan fingerprint density at radius 1 is 1.56 bits per heavy atom. The molecule has 6 heteroatoms. The van der Waals surface area contributed by atoms with Crippen molar-refractivity contribution in [3.8, 4) is 0 Å². The molecule has 0 N–H and O–H groups in total. The third kappa shape index (κ3) is 1.46. The van der Waals surface area contributed by atoms with Gasteiger partial charge in [-0.15, -0.1) is 0 Å². The largest absolute Gasteiger partial charge is 0.462 e. The molecule has 0 saturated heterocycles. The van der Waals surface area contributed by atoms with Crippen LogP contribution in [0.4, 0.5) is 5.82 Å². The van der Waals surface area contributed by atoms with Crippen molar-refractivity contribution in [3.05, 3.63) is 11.3 Å². The van der Waals surface area contributed by atoms with E-state index in [0.717, 1.165) is 0 Å². The maximum absolute atomic E-state index is 11.7. The first kappa shape index (κ1) is 10.7. The number of aromatic nitrogens is 2. The van der Waals surface area contributed by atoms with Gasteiger partial charge in [0.1, 0.15) is 11.4 Å². The first-order valence-electron chi connectivity index (χ1n) is 5.15. The predicted octanol–water partition coefficient (Wildman–Crippen LogP) is 0.345. The first-order chi connectivity index (χ1) is 7.69. The molecule has 1 aromatic heterocycles. The highest BCUT2D eigenvalue weighted by Gasteiger charge is 2.30. The number of amides is 1. The summed E-state index contributed by atoms with van der Waals surface area (Å²) >= 11 is 0. The van der Waals surface area contributed by atoms with Crippen LogP contribution < -0.4 is 4.90 Å². The van der Waals surface area contributed by atoms with Gasteiger partial charge in [0.25, 0.3) is 0 Å². The van der Waals surface area contributed by atoms with Crippen LogP contribution >= 0.6 is 0 Å². The van der Waals surface area contributed by atoms with Crippen LogP contribution in [0.5, 0.6) is 0 Å². The molecule has 86 valence electrons. The maximum atomic E-state index is 11.7. The number of hydrogen-bond acceptors (Lipinski definition) is 4. The fraction of sp³-hybridized carbons (Fsp3) is 0.500. The minimum atomic E-state index is -0.421. The molecule has 0 atom stereocenters. The number of fused-ring (bicyclic) bond motifs is 1. The van der Waals surface area contributed by atoms with Gasteiger partial charge in [-0.1, -0.05) is 0 Å². The summed E-state index contributed by atoms with van der Waals surface area (Å²) in [4.78, 5) is 24.1. The number of carbonyl (C=O) groups excluding carboxylic acids is 2. The van der Waals surface area contributed by atoms with Crippen LogP contribution in [0.3, 0.4) is 0 Å². The normalized spacial score (nSPS) is 13.8. The van der Waals surface area contributed by atoms with E-state index in [9.17, 15) is 9.59 Å². The SMILES string of the molecule is CCOC(=O)c1c(C)nn2c1N(C=O)CC2. The molecule has 0 saturated carbocycles. The Morgan fingerprint density at radius 2 is 2.31 bits per heavy atom. The highest BCUT2D eigenvalue weighted by molar-refractivity contribution is 5.99. The monoisotopic (exact) mass is 223 g/mol. The van der Waals surface area contributed by atoms with E-state index >= 15 is 0 Å². The lowest BCUT2D eigenvalue weighted by atomic mass is 10.2. The molecule has 2 rings (SSSR count). The van der Waals surface area contributed by atoms with Gasteiger partial charge in [-0.05, 0) is 13.8 Å². The van der Waals surface area contributed by atoms with Crippen LogP contribution in [0.15, 0.2) is 0 Å². The Hall–Kier alpha value is -1.85. The molecule has 0 radical (unpaired) electrons. The average molecular weight is 223 g/mol. The Morgan fingerprint density at radius 3 is 2.94 bits per heavy atom. The first-order valence-corrected chi connectivity index (χ1v) is 5.15. The Balaban J connectivity index is 2.45. The van der Waals surface area contributed by atoms with Gasteiger partial charge >= 0.3 is 5.97 Å². The summed E-state index contributed by atoms with van der Waals surface area (Å²) in [6, 6.07) is 0. The topological polar surface area (TPSA) is 64.4 Å². The minimum Gasteiger partial charge on any atom is -0.462 e. The lowest BCUT2D eigenvalue weighted by molar-refractivity contribution is -0.107. The van der Waals surface area contributed by atoms with Crippen molar-refractivity contribution in [3.63, 3.8) is 0 Å². The van der Waals surface area contributed by atoms with Crippen LogP contribution in [-0.4, -0.2) is 35.3 Å². The highest BCUT2D eigenvalue weighted by Crippen LogP contribution is 2.27. The maximum Gasteiger partial charge on any atom is 0.343 e. The van der Waals surface area contributed by atoms with Gasteiger partial charge in [0.15, 0.2) is 0 Å². The van der Waals surface area contributed by atoms with E-state index in [1.807, 2.05) is 0 Å². The lowest BCUT2D eigenvalue weighted by Gasteiger charge is -2.09. The zero-order valence-electron chi connectivity index (χ0n) is 9.27. The summed E-state index contributed by atoms with van der Waals surface area (Å²) in [6.07, 6.45) is 0.711. The summed E-state index contributed by atoms with van der Waals surface area (Å²) in [6.45, 7) is 4.96. The van der Waals surface area contributed by atoms with Crippen molar-refractivity contribution in [1.29, 1.82) is 0 Å². The van der Waals surface area contributed by atoms with E-state index < -0.39 is 5.97 Å². The molecule has 1 aliphatic rings. The van der Waals surface area contributed by atoms with Crippen molar-refractivity contribution in [2.24, 2.45) is 0 Å². The molecule has 16 heavy (non-hydrogen) atoms. The van der Waals surface area contributed by atoms with E-state index in [-0.39, 0.29) is 0 Å². The second-order valence-corrected chi connectivity index (χ2v) is 3.53. The number of rotatable bonds is 3. The second-order valence-electron chi connectivity index (χ2n) is 3.53. The van der Waals surface area contributed by atoms with Gasteiger partial charge in [0.05, 0.1) is 18.8 Å². The molecule has 0 unspecified atom stereocenters. The van der Waals surface area contributed by atoms with Crippen LogP contribution in [0.1, 0.15) is 23.0 Å². The van der Waals surface area contributed by atoms with Crippen molar-refractivity contribution in [2.45, 2.75) is 20.4 Å². The molecule has 0 aliphatic carbocycles. The molecular weight excluding hydrogens is 210 g/mol. The van der Waals surface area contributed by atoms with Crippen LogP contribution in [0.2, 0.25) is 0 Å². The zero-order chi connectivity index (χ0) is 11.7. The fourth-order valence-electron chi connectivity index (χ4n) is 1.87. The molecule has 0 bridgehead atoms. The third-order valence-electron chi connectivity index (χ3n) is 2.53. The number of hydrogen-bond donors (Lipinski definition) is 0. The van der Waals surface area contributed by atoms with Crippen molar-refractivity contribution in [2.75, 3.05) is 18.1 Å². The lowest BCUT2D eigenvalue weighted by Crippen LogP contribution is -2.20. The summed E-state index contributed by atoms with van der Waals surface area (Å²) in [5.41, 5.74) is 0.992. The number of anilines is 1. The van der Waals surface area contributed by atoms with Crippen LogP contribution in [0, 0.1) is 6.92 Å². The zero-order valence-corrected chi connectivity index (χ0v) is 9.27. The molecule has 1 amide bonds. The predicted molar refractivity (Wildman–Crippen MR) is 56.3 cm³/mol. The van der Waals surface area contributed by atoms with E-state index in [0.29, 0.717) is 43.2 Å². The quantitative estimate of drug-likeness (QED) is 0.547. The van der Waals surface area contributed by atoms with E-state index in [1.165, 1.54) is 4.90 Å². The average Bonchev–Trinajstić information content (AvgIpc) is 2.75. The van der Waals surface area contributed by atoms with Crippen LogP contribution in [-0.2, 0) is 16.1 Å². The van der Waals surface area contributed by atoms with Gasteiger partial charge in [-0.25, -0.2) is 9.48 Å². The molecule has 0 aromatic carbocycles. The summed E-state index contributed by atoms with van der Waals surface area (Å²) in [5.74, 6) is 0.126. The molecule has 0 fully saturated rings. The third-order valence-corrected chi connectivity index (χ3v) is 2.53.